The first-order chi connectivity index (χ1) is 9.66. The maximum Gasteiger partial charge on any atom is 0.335 e. The lowest BCUT2D eigenvalue weighted by Crippen LogP contribution is -2.46. The molecule has 0 atom stereocenters. The summed E-state index contributed by atoms with van der Waals surface area (Å²) in [6.45, 7) is 1.30. The molecule has 2 aliphatic heterocycles. The molecule has 0 saturated carbocycles. The summed E-state index contributed by atoms with van der Waals surface area (Å²) in [6.07, 6.45) is 1.60. The van der Waals surface area contributed by atoms with Gasteiger partial charge in [-0.3, -0.25) is 4.79 Å². The fourth-order valence-electron chi connectivity index (χ4n) is 2.65. The summed E-state index contributed by atoms with van der Waals surface area (Å²) in [6, 6.07) is 5.10. The highest BCUT2D eigenvalue weighted by molar-refractivity contribution is 8.00. The largest absolute Gasteiger partial charge is 0.478 e. The summed E-state index contributed by atoms with van der Waals surface area (Å²) in [7, 11) is 0. The van der Waals surface area contributed by atoms with Gasteiger partial charge < -0.3 is 14.7 Å². The van der Waals surface area contributed by atoms with Crippen LogP contribution in [0.25, 0.3) is 0 Å². The second-order valence-corrected chi connectivity index (χ2v) is 5.90. The third-order valence-electron chi connectivity index (χ3n) is 3.64. The third-order valence-corrected chi connectivity index (χ3v) is 4.69. The minimum Gasteiger partial charge on any atom is -0.478 e. The summed E-state index contributed by atoms with van der Waals surface area (Å²) in [4.78, 5) is 26.1. The molecule has 2 aliphatic rings. The number of nitrogens with zero attached hydrogens (tertiary/aromatic N) is 1. The Bertz CT molecular complexity index is 554. The molecule has 5 nitrogen and oxygen atoms in total. The Balaban J connectivity index is 2.00. The second-order valence-electron chi connectivity index (χ2n) is 4.88. The first-order valence-electron chi connectivity index (χ1n) is 6.57. The first kappa shape index (κ1) is 13.5. The quantitative estimate of drug-likeness (QED) is 0.903. The van der Waals surface area contributed by atoms with Crippen LogP contribution in [0.1, 0.15) is 23.2 Å². The van der Waals surface area contributed by atoms with Gasteiger partial charge in [0.25, 0.3) is 0 Å². The van der Waals surface area contributed by atoms with E-state index in [1.54, 1.807) is 23.1 Å². The fraction of sp³-hybridized carbons (Fsp3) is 0.429. The molecule has 1 aromatic carbocycles. The minimum absolute atomic E-state index is 0.0527. The highest BCUT2D eigenvalue weighted by Crippen LogP contribution is 2.38. The van der Waals surface area contributed by atoms with Crippen LogP contribution in [0.2, 0.25) is 0 Å². The molecule has 6 heteroatoms. The Morgan fingerprint density at radius 3 is 2.80 bits per heavy atom. The van der Waals surface area contributed by atoms with Crippen molar-refractivity contribution in [1.29, 1.82) is 0 Å². The molecule has 0 spiro atoms. The Hall–Kier alpha value is -1.53. The zero-order valence-electron chi connectivity index (χ0n) is 10.9. The Morgan fingerprint density at radius 1 is 1.35 bits per heavy atom. The Labute approximate surface area is 120 Å². The van der Waals surface area contributed by atoms with E-state index in [1.807, 2.05) is 0 Å². The molecule has 106 valence electrons. The molecule has 1 aromatic rings. The molecule has 2 heterocycles. The number of carbonyl (C=O) groups is 2. The molecule has 0 aromatic heterocycles. The normalized spacial score (nSPS) is 19.8. The molecule has 1 saturated heterocycles. The molecular formula is C14H15NO4S. The first-order valence-corrected chi connectivity index (χ1v) is 7.55. The molecule has 1 fully saturated rings. The van der Waals surface area contributed by atoms with Crippen LogP contribution >= 0.6 is 11.8 Å². The van der Waals surface area contributed by atoms with Gasteiger partial charge in [-0.1, -0.05) is 0 Å². The maximum atomic E-state index is 12.3. The van der Waals surface area contributed by atoms with Crippen molar-refractivity contribution >= 4 is 29.3 Å². The Morgan fingerprint density at radius 2 is 2.10 bits per heavy atom. The van der Waals surface area contributed by atoms with E-state index in [2.05, 4.69) is 0 Å². The molecule has 0 aliphatic carbocycles. The molecule has 0 unspecified atom stereocenters. The van der Waals surface area contributed by atoms with E-state index < -0.39 is 5.97 Å². The van der Waals surface area contributed by atoms with Crippen molar-refractivity contribution in [2.24, 2.45) is 0 Å². The van der Waals surface area contributed by atoms with Gasteiger partial charge in [-0.15, -0.1) is 11.8 Å². The van der Waals surface area contributed by atoms with E-state index >= 15 is 0 Å². The van der Waals surface area contributed by atoms with Gasteiger partial charge in [-0.25, -0.2) is 4.79 Å². The van der Waals surface area contributed by atoms with Gasteiger partial charge in [0.15, 0.2) is 0 Å². The van der Waals surface area contributed by atoms with Crippen molar-refractivity contribution in [2.75, 3.05) is 23.9 Å². The number of carbonyl (C=O) groups excluding carboxylic acids is 1. The van der Waals surface area contributed by atoms with Gasteiger partial charge in [-0.2, -0.15) is 0 Å². The summed E-state index contributed by atoms with van der Waals surface area (Å²) in [5.41, 5.74) is 0.953. The van der Waals surface area contributed by atoms with Gasteiger partial charge in [0.05, 0.1) is 17.0 Å². The number of benzene rings is 1. The van der Waals surface area contributed by atoms with E-state index in [0.717, 1.165) is 23.4 Å². The lowest BCUT2D eigenvalue weighted by molar-refractivity contribution is -0.117. The van der Waals surface area contributed by atoms with Crippen molar-refractivity contribution in [3.05, 3.63) is 23.8 Å². The number of anilines is 1. The number of thioether (sulfide) groups is 1. The molecule has 0 radical (unpaired) electrons. The van der Waals surface area contributed by atoms with Gasteiger partial charge in [-0.05, 0) is 31.0 Å². The highest BCUT2D eigenvalue weighted by atomic mass is 32.2. The topological polar surface area (TPSA) is 66.8 Å². The van der Waals surface area contributed by atoms with Gasteiger partial charge in [0.2, 0.25) is 5.91 Å². The number of fused-ring (bicyclic) bond motifs is 1. The summed E-state index contributed by atoms with van der Waals surface area (Å²) < 4.78 is 5.34. The predicted molar refractivity (Wildman–Crippen MR) is 75.5 cm³/mol. The van der Waals surface area contributed by atoms with Crippen LogP contribution in [-0.2, 0) is 9.53 Å². The van der Waals surface area contributed by atoms with Crippen LogP contribution in [0.15, 0.2) is 23.1 Å². The van der Waals surface area contributed by atoms with E-state index in [0.29, 0.717) is 19.0 Å². The Kier molecular flexibility index (Phi) is 3.67. The number of ether oxygens (including phenoxy) is 1. The molecule has 1 amide bonds. The van der Waals surface area contributed by atoms with Gasteiger partial charge >= 0.3 is 5.97 Å². The second kappa shape index (κ2) is 5.46. The van der Waals surface area contributed by atoms with Crippen molar-refractivity contribution in [2.45, 2.75) is 23.8 Å². The molecule has 1 N–H and O–H groups in total. The van der Waals surface area contributed by atoms with E-state index in [9.17, 15) is 9.59 Å². The maximum absolute atomic E-state index is 12.3. The SMILES string of the molecule is O=C(O)c1ccc2c(c1)N(C1CCOCC1)C(=O)CS2. The number of hydrogen-bond acceptors (Lipinski definition) is 4. The van der Waals surface area contributed by atoms with Crippen LogP contribution < -0.4 is 4.90 Å². The van der Waals surface area contributed by atoms with Crippen molar-refractivity contribution in [1.82, 2.24) is 0 Å². The summed E-state index contributed by atoms with van der Waals surface area (Å²) in [5.74, 6) is -0.503. The van der Waals surface area contributed by atoms with Crippen molar-refractivity contribution in [3.63, 3.8) is 0 Å². The number of amides is 1. The molecule has 20 heavy (non-hydrogen) atoms. The predicted octanol–water partition coefficient (Wildman–Crippen LogP) is 2.00. The lowest BCUT2D eigenvalue weighted by Gasteiger charge is -2.37. The average Bonchev–Trinajstić information content (AvgIpc) is 2.47. The van der Waals surface area contributed by atoms with Crippen LogP contribution in [0, 0.1) is 0 Å². The van der Waals surface area contributed by atoms with Gasteiger partial charge in [0, 0.05) is 24.2 Å². The van der Waals surface area contributed by atoms with Crippen molar-refractivity contribution < 1.29 is 19.4 Å². The van der Waals surface area contributed by atoms with Crippen LogP contribution in [0.3, 0.4) is 0 Å². The van der Waals surface area contributed by atoms with Crippen LogP contribution in [-0.4, -0.2) is 42.0 Å². The van der Waals surface area contributed by atoms with E-state index in [4.69, 9.17) is 9.84 Å². The zero-order valence-corrected chi connectivity index (χ0v) is 11.7. The zero-order chi connectivity index (χ0) is 14.1. The van der Waals surface area contributed by atoms with Crippen LogP contribution in [0.5, 0.6) is 0 Å². The summed E-state index contributed by atoms with van der Waals surface area (Å²) >= 11 is 1.47. The number of carboxylic acid groups (broad SMARTS) is 1. The lowest BCUT2D eigenvalue weighted by atomic mass is 10.0. The minimum atomic E-state index is -0.970. The van der Waals surface area contributed by atoms with Gasteiger partial charge in [0.1, 0.15) is 0 Å². The van der Waals surface area contributed by atoms with Crippen molar-refractivity contribution in [3.8, 4) is 0 Å². The summed E-state index contributed by atoms with van der Waals surface area (Å²) in [5, 5.41) is 9.12. The number of aromatic carboxylic acids is 1. The smallest absolute Gasteiger partial charge is 0.335 e. The number of rotatable bonds is 2. The molecular weight excluding hydrogens is 278 g/mol. The fourth-order valence-corrected chi connectivity index (χ4v) is 3.54. The third kappa shape index (κ3) is 2.41. The molecule has 3 rings (SSSR count). The van der Waals surface area contributed by atoms with Crippen LogP contribution in [0.4, 0.5) is 5.69 Å². The monoisotopic (exact) mass is 293 g/mol. The number of carboxylic acids is 1. The van der Waals surface area contributed by atoms with E-state index in [1.165, 1.54) is 11.8 Å². The standard InChI is InChI=1S/C14H15NO4S/c16-13-8-20-12-2-1-9(14(17)18)7-11(12)15(13)10-3-5-19-6-4-10/h1-2,7,10H,3-6,8H2,(H,17,18). The average molecular weight is 293 g/mol. The number of hydrogen-bond donors (Lipinski definition) is 1. The van der Waals surface area contributed by atoms with E-state index in [-0.39, 0.29) is 17.5 Å². The highest BCUT2D eigenvalue weighted by Gasteiger charge is 2.32. The molecule has 0 bridgehead atoms.